The van der Waals surface area contributed by atoms with E-state index in [2.05, 4.69) is 15.3 Å². The first kappa shape index (κ1) is 29.3. The van der Waals surface area contributed by atoms with Crippen LogP contribution in [0.4, 0.5) is 11.6 Å². The smallest absolute Gasteiger partial charge is 0.285 e. The van der Waals surface area contributed by atoms with Gasteiger partial charge in [-0.3, -0.25) is 19.1 Å². The van der Waals surface area contributed by atoms with Crippen LogP contribution >= 0.6 is 11.6 Å². The molecule has 2 N–H and O–H groups in total. The minimum absolute atomic E-state index is 0.0247. The van der Waals surface area contributed by atoms with Gasteiger partial charge in [0.2, 0.25) is 16.0 Å². The van der Waals surface area contributed by atoms with Crippen LogP contribution in [0.1, 0.15) is 45.8 Å². The number of carbonyl (C=O) groups excluding carboxylic acids is 1. The van der Waals surface area contributed by atoms with Gasteiger partial charge in [-0.25, -0.2) is 27.8 Å². The van der Waals surface area contributed by atoms with Gasteiger partial charge in [0.25, 0.3) is 11.5 Å². The van der Waals surface area contributed by atoms with Crippen LogP contribution in [-0.4, -0.2) is 49.9 Å². The van der Waals surface area contributed by atoms with Gasteiger partial charge in [0.15, 0.2) is 5.69 Å². The van der Waals surface area contributed by atoms with E-state index in [1.165, 1.54) is 6.07 Å². The molecule has 1 atom stereocenters. The van der Waals surface area contributed by atoms with Gasteiger partial charge in [-0.15, -0.1) is 0 Å². The molecule has 0 bridgehead atoms. The highest BCUT2D eigenvalue weighted by molar-refractivity contribution is 7.89. The summed E-state index contributed by atoms with van der Waals surface area (Å²) in [6.45, 7) is 4.74. The lowest BCUT2D eigenvalue weighted by Crippen LogP contribution is -2.31. The molecule has 5 aromatic rings. The highest BCUT2D eigenvalue weighted by atomic mass is 35.5. The number of fused-ring (bicyclic) bond motifs is 2. The van der Waals surface area contributed by atoms with E-state index in [-0.39, 0.29) is 22.1 Å². The van der Waals surface area contributed by atoms with Crippen molar-refractivity contribution in [3.8, 4) is 5.69 Å². The number of pyridine rings is 2. The topological polar surface area (TPSA) is 157 Å². The molecule has 0 fully saturated rings. The number of aryl methyl sites for hydroxylation is 1. The van der Waals surface area contributed by atoms with Crippen LogP contribution < -0.4 is 20.5 Å². The zero-order valence-electron chi connectivity index (χ0n) is 24.2. The summed E-state index contributed by atoms with van der Waals surface area (Å²) >= 11 is 6.03. The fourth-order valence-electron chi connectivity index (χ4n) is 5.33. The Morgan fingerprint density at radius 3 is 2.55 bits per heavy atom. The molecule has 44 heavy (non-hydrogen) atoms. The Morgan fingerprint density at radius 1 is 1.09 bits per heavy atom. The SMILES string of the molecule is Cc1cc([C@@H](C)Nc2ccc(Cl)nc2C(=O)NS(C)(=O)=O)c2nc(N3Cc4cn(-c5ccncc5)nc4C3)n(C)c(=O)c2c1. The molecule has 0 aliphatic carbocycles. The molecular weight excluding hydrogens is 606 g/mol. The Morgan fingerprint density at radius 2 is 1.84 bits per heavy atom. The lowest BCUT2D eigenvalue weighted by Gasteiger charge is -2.23. The summed E-state index contributed by atoms with van der Waals surface area (Å²) in [4.78, 5) is 41.5. The number of aromatic nitrogens is 6. The number of anilines is 2. The maximum absolute atomic E-state index is 13.7. The molecule has 1 aliphatic rings. The number of sulfonamides is 1. The van der Waals surface area contributed by atoms with E-state index in [0.717, 1.165) is 28.8 Å². The largest absolute Gasteiger partial charge is 0.377 e. The number of hydrogen-bond donors (Lipinski definition) is 2. The summed E-state index contributed by atoms with van der Waals surface area (Å²) in [5, 5.41) is 8.45. The molecule has 6 rings (SSSR count). The molecule has 0 unspecified atom stereocenters. The van der Waals surface area contributed by atoms with Crippen LogP contribution in [0.2, 0.25) is 5.15 Å². The summed E-state index contributed by atoms with van der Waals surface area (Å²) in [5.74, 6) is -0.429. The van der Waals surface area contributed by atoms with Gasteiger partial charge in [0, 0.05) is 43.3 Å². The van der Waals surface area contributed by atoms with Gasteiger partial charge in [0.1, 0.15) is 5.15 Å². The number of nitrogens with one attached hydrogen (secondary N) is 2. The first-order chi connectivity index (χ1) is 20.9. The molecule has 13 nitrogen and oxygen atoms in total. The van der Waals surface area contributed by atoms with Crippen LogP contribution in [0, 0.1) is 6.92 Å². The monoisotopic (exact) mass is 633 g/mol. The number of rotatable bonds is 7. The zero-order chi connectivity index (χ0) is 31.3. The maximum atomic E-state index is 13.7. The van der Waals surface area contributed by atoms with Crippen molar-refractivity contribution in [1.29, 1.82) is 0 Å². The second kappa shape index (κ2) is 11.0. The van der Waals surface area contributed by atoms with Gasteiger partial charge in [-0.05, 0) is 49.7 Å². The number of hydrogen-bond acceptors (Lipinski definition) is 10. The first-order valence-corrected chi connectivity index (χ1v) is 15.8. The summed E-state index contributed by atoms with van der Waals surface area (Å²) in [6.07, 6.45) is 6.28. The number of benzene rings is 1. The zero-order valence-corrected chi connectivity index (χ0v) is 25.8. The summed E-state index contributed by atoms with van der Waals surface area (Å²) < 4.78 is 28.7. The lowest BCUT2D eigenvalue weighted by atomic mass is 10.0. The van der Waals surface area contributed by atoms with E-state index >= 15 is 0 Å². The Labute approximate surface area is 257 Å². The van der Waals surface area contributed by atoms with E-state index in [9.17, 15) is 18.0 Å². The van der Waals surface area contributed by atoms with E-state index in [0.29, 0.717) is 35.5 Å². The molecule has 1 aromatic carbocycles. The number of carbonyl (C=O) groups is 1. The highest BCUT2D eigenvalue weighted by Gasteiger charge is 2.28. The van der Waals surface area contributed by atoms with Crippen LogP contribution in [-0.2, 0) is 30.2 Å². The molecular formula is C29H28ClN9O4S. The number of halogens is 1. The molecule has 226 valence electrons. The van der Waals surface area contributed by atoms with Gasteiger partial charge >= 0.3 is 0 Å². The van der Waals surface area contributed by atoms with E-state index in [4.69, 9.17) is 21.7 Å². The van der Waals surface area contributed by atoms with E-state index in [1.807, 2.05) is 52.5 Å². The van der Waals surface area contributed by atoms with Crippen LogP contribution in [0.5, 0.6) is 0 Å². The molecule has 1 amide bonds. The van der Waals surface area contributed by atoms with Crippen molar-refractivity contribution >= 4 is 50.1 Å². The highest BCUT2D eigenvalue weighted by Crippen LogP contribution is 2.31. The first-order valence-electron chi connectivity index (χ1n) is 13.6. The van der Waals surface area contributed by atoms with Crippen LogP contribution in [0.15, 0.2) is 59.8 Å². The molecule has 5 heterocycles. The van der Waals surface area contributed by atoms with Gasteiger partial charge in [-0.2, -0.15) is 5.10 Å². The van der Waals surface area contributed by atoms with Crippen molar-refractivity contribution in [3.63, 3.8) is 0 Å². The Bertz CT molecular complexity index is 2090. The van der Waals surface area contributed by atoms with Gasteiger partial charge in [0.05, 0.1) is 46.8 Å². The average molecular weight is 634 g/mol. The van der Waals surface area contributed by atoms with Crippen molar-refractivity contribution in [3.05, 3.63) is 98.6 Å². The van der Waals surface area contributed by atoms with Crippen molar-refractivity contribution < 1.29 is 13.2 Å². The molecule has 0 spiro atoms. The molecule has 15 heteroatoms. The summed E-state index contributed by atoms with van der Waals surface area (Å²) in [7, 11) is -2.14. The third-order valence-corrected chi connectivity index (χ3v) is 8.08. The molecule has 0 saturated carbocycles. The fourth-order valence-corrected chi connectivity index (χ4v) is 5.91. The van der Waals surface area contributed by atoms with Gasteiger partial charge < -0.3 is 10.2 Å². The Balaban J connectivity index is 1.36. The van der Waals surface area contributed by atoms with Crippen LogP contribution in [0.25, 0.3) is 16.6 Å². The predicted octanol–water partition coefficient (Wildman–Crippen LogP) is 3.25. The minimum atomic E-state index is -3.84. The maximum Gasteiger partial charge on any atom is 0.285 e. The Hall–Kier alpha value is -4.82. The second-order valence-electron chi connectivity index (χ2n) is 10.7. The van der Waals surface area contributed by atoms with E-state index < -0.39 is 22.0 Å². The molecule has 4 aromatic heterocycles. The minimum Gasteiger partial charge on any atom is -0.377 e. The lowest BCUT2D eigenvalue weighted by molar-refractivity contribution is 0.0977. The standard InChI is InChI=1S/C29H28ClN9O4S/c1-16-11-20(17(2)32-22-5-6-24(30)33-26(22)27(40)36-44(4,42)43)25-21(12-16)28(41)37(3)29(34-25)38-13-18-14-39(35-23(18)15-38)19-7-9-31-10-8-19/h5-12,14,17,32H,13,15H2,1-4H3,(H,36,40)/t17-/m1/s1. The second-order valence-corrected chi connectivity index (χ2v) is 12.9. The third kappa shape index (κ3) is 5.61. The van der Waals surface area contributed by atoms with E-state index in [1.54, 1.807) is 36.1 Å². The summed E-state index contributed by atoms with van der Waals surface area (Å²) in [5.41, 5.74) is 4.78. The summed E-state index contributed by atoms with van der Waals surface area (Å²) in [6, 6.07) is 10.1. The van der Waals surface area contributed by atoms with Gasteiger partial charge in [-0.1, -0.05) is 17.7 Å². The normalized spacial score (nSPS) is 13.6. The quantitative estimate of drug-likeness (QED) is 0.255. The average Bonchev–Trinajstić information content (AvgIpc) is 3.55. The number of amides is 1. The van der Waals surface area contributed by atoms with Crippen molar-refractivity contribution in [2.45, 2.75) is 33.0 Å². The Kier molecular flexibility index (Phi) is 7.33. The number of nitrogens with zero attached hydrogens (tertiary/aromatic N) is 7. The predicted molar refractivity (Wildman–Crippen MR) is 167 cm³/mol. The third-order valence-electron chi connectivity index (χ3n) is 7.31. The fraction of sp³-hybridized carbons (Fsp3) is 0.241. The van der Waals surface area contributed by atoms with Crippen LogP contribution in [0.3, 0.4) is 0 Å². The molecule has 0 radical (unpaired) electrons. The molecule has 0 saturated heterocycles. The van der Waals surface area contributed by atoms with Crippen molar-refractivity contribution in [2.75, 3.05) is 16.5 Å². The van der Waals surface area contributed by atoms with Crippen molar-refractivity contribution in [2.24, 2.45) is 7.05 Å². The molecule has 1 aliphatic heterocycles. The van der Waals surface area contributed by atoms with Crippen molar-refractivity contribution in [1.82, 2.24) is 34.0 Å².